The Morgan fingerprint density at radius 2 is 2.10 bits per heavy atom. The molecule has 1 aromatic rings. The number of hydrogen-bond acceptors (Lipinski definition) is 4. The normalized spacial score (nSPS) is 12.1. The minimum absolute atomic E-state index is 0.0622. The van der Waals surface area contributed by atoms with Gasteiger partial charge in [-0.3, -0.25) is 0 Å². The summed E-state index contributed by atoms with van der Waals surface area (Å²) in [6.07, 6.45) is 7.59. The maximum Gasteiger partial charge on any atom is 0.356 e. The summed E-state index contributed by atoms with van der Waals surface area (Å²) in [6.45, 7) is 4.19. The van der Waals surface area contributed by atoms with Gasteiger partial charge in [0.05, 0.1) is 12.9 Å². The van der Waals surface area contributed by atoms with E-state index in [0.717, 1.165) is 25.7 Å². The lowest BCUT2D eigenvalue weighted by molar-refractivity contribution is -0.147. The Morgan fingerprint density at radius 1 is 1.35 bits per heavy atom. The Labute approximate surface area is 118 Å². The molecule has 0 bridgehead atoms. The van der Waals surface area contributed by atoms with E-state index in [1.165, 1.54) is 17.1 Å². The Morgan fingerprint density at radius 3 is 2.65 bits per heavy atom. The number of hydrogen-bond donors (Lipinski definition) is 1. The van der Waals surface area contributed by atoms with E-state index in [-0.39, 0.29) is 11.7 Å². The number of carbonyl (C=O) groups is 2. The topological polar surface area (TPSA) is 81.4 Å². The summed E-state index contributed by atoms with van der Waals surface area (Å²) in [7, 11) is 0. The summed E-state index contributed by atoms with van der Waals surface area (Å²) in [6, 6.07) is -0.493. The van der Waals surface area contributed by atoms with Crippen LogP contribution in [0.2, 0.25) is 0 Å². The zero-order valence-electron chi connectivity index (χ0n) is 12.0. The smallest absolute Gasteiger partial charge is 0.356 e. The van der Waals surface area contributed by atoms with Gasteiger partial charge in [0.2, 0.25) is 0 Å². The van der Waals surface area contributed by atoms with Gasteiger partial charge in [-0.05, 0) is 13.3 Å². The quantitative estimate of drug-likeness (QED) is 0.556. The van der Waals surface area contributed by atoms with Crippen molar-refractivity contribution in [3.63, 3.8) is 0 Å². The number of esters is 1. The first kappa shape index (κ1) is 16.2. The second-order valence-electron chi connectivity index (χ2n) is 4.63. The molecule has 1 unspecified atom stereocenters. The van der Waals surface area contributed by atoms with Crippen molar-refractivity contribution in [1.29, 1.82) is 0 Å². The van der Waals surface area contributed by atoms with Gasteiger partial charge in [0, 0.05) is 6.20 Å². The Balaban J connectivity index is 2.74. The first-order valence-electron chi connectivity index (χ1n) is 7.03. The standard InChI is InChI=1S/C14H22N2O4/c1-3-5-6-7-8-12(14(19)20-4-2)16-9-11(13(17)18)15-10-16/h9-10,12H,3-8H2,1-2H3,(H,17,18). The molecule has 1 heterocycles. The second kappa shape index (κ2) is 8.35. The van der Waals surface area contributed by atoms with Crippen molar-refractivity contribution in [2.75, 3.05) is 6.61 Å². The second-order valence-corrected chi connectivity index (χ2v) is 4.63. The summed E-state index contributed by atoms with van der Waals surface area (Å²) in [4.78, 5) is 26.6. The van der Waals surface area contributed by atoms with Crippen LogP contribution >= 0.6 is 0 Å². The van der Waals surface area contributed by atoms with Gasteiger partial charge in [-0.1, -0.05) is 32.6 Å². The van der Waals surface area contributed by atoms with Gasteiger partial charge in [-0.2, -0.15) is 0 Å². The van der Waals surface area contributed by atoms with Crippen molar-refractivity contribution in [2.45, 2.75) is 52.0 Å². The van der Waals surface area contributed by atoms with Crippen molar-refractivity contribution in [3.05, 3.63) is 18.2 Å². The zero-order valence-corrected chi connectivity index (χ0v) is 12.0. The minimum atomic E-state index is -1.10. The molecule has 6 nitrogen and oxygen atoms in total. The van der Waals surface area contributed by atoms with Gasteiger partial charge in [0.1, 0.15) is 6.04 Å². The summed E-state index contributed by atoms with van der Waals surface area (Å²) in [5.74, 6) is -1.43. The van der Waals surface area contributed by atoms with E-state index in [1.54, 1.807) is 6.92 Å². The third kappa shape index (κ3) is 4.68. The first-order chi connectivity index (χ1) is 9.60. The number of ether oxygens (including phenoxy) is 1. The number of aromatic nitrogens is 2. The lowest BCUT2D eigenvalue weighted by atomic mass is 10.1. The predicted molar refractivity (Wildman–Crippen MR) is 73.6 cm³/mol. The molecule has 1 rings (SSSR count). The summed E-state index contributed by atoms with van der Waals surface area (Å²) in [5, 5.41) is 8.88. The molecule has 1 atom stereocenters. The molecule has 0 saturated heterocycles. The minimum Gasteiger partial charge on any atom is -0.476 e. The van der Waals surface area contributed by atoms with Crippen molar-refractivity contribution in [3.8, 4) is 0 Å². The van der Waals surface area contributed by atoms with Crippen LogP contribution < -0.4 is 0 Å². The van der Waals surface area contributed by atoms with E-state index < -0.39 is 12.0 Å². The number of rotatable bonds is 9. The van der Waals surface area contributed by atoms with Gasteiger partial charge < -0.3 is 14.4 Å². The van der Waals surface area contributed by atoms with Crippen molar-refractivity contribution in [1.82, 2.24) is 9.55 Å². The molecule has 0 aliphatic rings. The molecule has 1 aromatic heterocycles. The van der Waals surface area contributed by atoms with E-state index in [1.807, 2.05) is 0 Å². The molecule has 0 aliphatic carbocycles. The van der Waals surface area contributed by atoms with Crippen LogP contribution in [0.4, 0.5) is 0 Å². The van der Waals surface area contributed by atoms with Crippen LogP contribution in [-0.4, -0.2) is 33.2 Å². The maximum atomic E-state index is 12.0. The number of carbonyl (C=O) groups excluding carboxylic acids is 1. The highest BCUT2D eigenvalue weighted by Crippen LogP contribution is 2.19. The average molecular weight is 282 g/mol. The fraction of sp³-hybridized carbons (Fsp3) is 0.643. The third-order valence-corrected chi connectivity index (χ3v) is 3.07. The lowest BCUT2D eigenvalue weighted by Crippen LogP contribution is -2.21. The van der Waals surface area contributed by atoms with Crippen molar-refractivity contribution >= 4 is 11.9 Å². The van der Waals surface area contributed by atoms with Crippen molar-refractivity contribution in [2.24, 2.45) is 0 Å². The molecule has 0 saturated carbocycles. The number of unbranched alkanes of at least 4 members (excludes halogenated alkanes) is 3. The van der Waals surface area contributed by atoms with Crippen LogP contribution in [0.3, 0.4) is 0 Å². The predicted octanol–water partition coefficient (Wildman–Crippen LogP) is 2.66. The van der Waals surface area contributed by atoms with Crippen LogP contribution in [0, 0.1) is 0 Å². The van der Waals surface area contributed by atoms with Crippen LogP contribution in [0.15, 0.2) is 12.5 Å². The average Bonchev–Trinajstić information content (AvgIpc) is 2.88. The Bertz CT molecular complexity index is 442. The van der Waals surface area contributed by atoms with Crippen LogP contribution in [0.5, 0.6) is 0 Å². The molecular formula is C14H22N2O4. The number of carboxylic acid groups (broad SMARTS) is 1. The first-order valence-corrected chi connectivity index (χ1v) is 7.03. The molecular weight excluding hydrogens is 260 g/mol. The molecule has 0 fully saturated rings. The maximum absolute atomic E-state index is 12.0. The molecule has 0 aliphatic heterocycles. The molecule has 0 amide bonds. The molecule has 112 valence electrons. The fourth-order valence-electron chi connectivity index (χ4n) is 2.01. The van der Waals surface area contributed by atoms with Gasteiger partial charge in [0.25, 0.3) is 0 Å². The fourth-order valence-corrected chi connectivity index (χ4v) is 2.01. The monoisotopic (exact) mass is 282 g/mol. The Kier molecular flexibility index (Phi) is 6.76. The number of carboxylic acids is 1. The summed E-state index contributed by atoms with van der Waals surface area (Å²) in [5.41, 5.74) is -0.0622. The highest BCUT2D eigenvalue weighted by Gasteiger charge is 2.22. The van der Waals surface area contributed by atoms with Crippen molar-refractivity contribution < 1.29 is 19.4 Å². The van der Waals surface area contributed by atoms with E-state index in [4.69, 9.17) is 9.84 Å². The van der Waals surface area contributed by atoms with Gasteiger partial charge >= 0.3 is 11.9 Å². The molecule has 1 N–H and O–H groups in total. The largest absolute Gasteiger partial charge is 0.476 e. The highest BCUT2D eigenvalue weighted by molar-refractivity contribution is 5.85. The SMILES string of the molecule is CCCCCCC(C(=O)OCC)n1cnc(C(=O)O)c1. The highest BCUT2D eigenvalue weighted by atomic mass is 16.5. The number of nitrogens with zero attached hydrogens (tertiary/aromatic N) is 2. The van der Waals surface area contributed by atoms with Crippen LogP contribution in [-0.2, 0) is 9.53 Å². The van der Waals surface area contributed by atoms with Crippen LogP contribution in [0.1, 0.15) is 62.5 Å². The summed E-state index contributed by atoms with van der Waals surface area (Å²) < 4.78 is 6.59. The molecule has 20 heavy (non-hydrogen) atoms. The zero-order chi connectivity index (χ0) is 15.0. The van der Waals surface area contributed by atoms with Crippen LogP contribution in [0.25, 0.3) is 0 Å². The van der Waals surface area contributed by atoms with E-state index in [9.17, 15) is 9.59 Å². The van der Waals surface area contributed by atoms with Gasteiger partial charge in [-0.25, -0.2) is 14.6 Å². The van der Waals surface area contributed by atoms with E-state index in [0.29, 0.717) is 13.0 Å². The summed E-state index contributed by atoms with van der Waals surface area (Å²) >= 11 is 0. The number of imidazole rings is 1. The Hall–Kier alpha value is -1.85. The lowest BCUT2D eigenvalue weighted by Gasteiger charge is -2.16. The molecule has 6 heteroatoms. The molecule has 0 spiro atoms. The molecule has 0 radical (unpaired) electrons. The van der Waals surface area contributed by atoms with Gasteiger partial charge in [0.15, 0.2) is 5.69 Å². The van der Waals surface area contributed by atoms with E-state index in [2.05, 4.69) is 11.9 Å². The van der Waals surface area contributed by atoms with E-state index >= 15 is 0 Å². The number of aromatic carboxylic acids is 1. The van der Waals surface area contributed by atoms with Gasteiger partial charge in [-0.15, -0.1) is 0 Å². The molecule has 0 aromatic carbocycles. The third-order valence-electron chi connectivity index (χ3n) is 3.07.